The molecule has 1 aliphatic carbocycles. The summed E-state index contributed by atoms with van der Waals surface area (Å²) in [5, 5.41) is 5.70. The Morgan fingerprint density at radius 2 is 2.06 bits per heavy atom. The highest BCUT2D eigenvalue weighted by molar-refractivity contribution is 7.10. The molecule has 16 heavy (non-hydrogen) atoms. The van der Waals surface area contributed by atoms with Crippen LogP contribution in [-0.4, -0.2) is 7.05 Å². The molecule has 0 radical (unpaired) electrons. The van der Waals surface area contributed by atoms with Gasteiger partial charge in [-0.05, 0) is 55.5 Å². The number of nitrogens with one attached hydrogen (secondary N) is 1. The third-order valence-electron chi connectivity index (χ3n) is 4.02. The zero-order chi connectivity index (χ0) is 11.6. The summed E-state index contributed by atoms with van der Waals surface area (Å²) in [6.07, 6.45) is 5.50. The summed E-state index contributed by atoms with van der Waals surface area (Å²) in [6, 6.07) is 5.01. The Kier molecular flexibility index (Phi) is 3.70. The lowest BCUT2D eigenvalue weighted by molar-refractivity contribution is 0.165. The van der Waals surface area contributed by atoms with Crippen LogP contribution in [0.2, 0.25) is 0 Å². The molecule has 2 heteroatoms. The van der Waals surface area contributed by atoms with Gasteiger partial charge in [-0.1, -0.05) is 19.9 Å². The Balaban J connectivity index is 2.02. The van der Waals surface area contributed by atoms with Crippen LogP contribution in [-0.2, 0) is 0 Å². The number of rotatable bonds is 3. The molecule has 1 aromatic rings. The Labute approximate surface area is 103 Å². The van der Waals surface area contributed by atoms with Crippen LogP contribution in [0.1, 0.15) is 50.4 Å². The lowest BCUT2D eigenvalue weighted by atomic mass is 9.71. The third kappa shape index (κ3) is 2.67. The van der Waals surface area contributed by atoms with Gasteiger partial charge in [0.05, 0.1) is 0 Å². The van der Waals surface area contributed by atoms with Crippen LogP contribution < -0.4 is 5.32 Å². The van der Waals surface area contributed by atoms with E-state index in [1.807, 2.05) is 11.3 Å². The summed E-state index contributed by atoms with van der Waals surface area (Å²) in [5.74, 6) is 0.830. The van der Waals surface area contributed by atoms with Crippen LogP contribution >= 0.6 is 11.3 Å². The van der Waals surface area contributed by atoms with Gasteiger partial charge in [-0.2, -0.15) is 0 Å². The maximum Gasteiger partial charge on any atom is 0.0440 e. The summed E-state index contributed by atoms with van der Waals surface area (Å²) in [4.78, 5) is 1.51. The van der Waals surface area contributed by atoms with Crippen molar-refractivity contribution in [1.82, 2.24) is 5.32 Å². The number of thiophene rings is 1. The van der Waals surface area contributed by atoms with Gasteiger partial charge >= 0.3 is 0 Å². The van der Waals surface area contributed by atoms with Gasteiger partial charge < -0.3 is 5.32 Å². The normalized spacial score (nSPS) is 23.2. The molecule has 1 aromatic heterocycles. The zero-order valence-corrected chi connectivity index (χ0v) is 11.4. The van der Waals surface area contributed by atoms with E-state index in [1.54, 1.807) is 0 Å². The quantitative estimate of drug-likeness (QED) is 0.829. The van der Waals surface area contributed by atoms with E-state index in [0.717, 1.165) is 5.92 Å². The van der Waals surface area contributed by atoms with Crippen LogP contribution in [0.15, 0.2) is 17.5 Å². The topological polar surface area (TPSA) is 12.0 Å². The molecule has 0 saturated heterocycles. The predicted molar refractivity (Wildman–Crippen MR) is 71.9 cm³/mol. The summed E-state index contributed by atoms with van der Waals surface area (Å²) >= 11 is 1.89. The molecule has 1 aliphatic rings. The molecular weight excluding hydrogens is 214 g/mol. The van der Waals surface area contributed by atoms with Crippen LogP contribution in [0.25, 0.3) is 0 Å². The molecule has 1 unspecified atom stereocenters. The minimum atomic E-state index is 0.574. The van der Waals surface area contributed by atoms with E-state index in [9.17, 15) is 0 Å². The Morgan fingerprint density at radius 3 is 2.56 bits per heavy atom. The van der Waals surface area contributed by atoms with Crippen molar-refractivity contribution in [3.05, 3.63) is 22.4 Å². The van der Waals surface area contributed by atoms with Crippen LogP contribution in [0.5, 0.6) is 0 Å². The van der Waals surface area contributed by atoms with Crippen LogP contribution in [0.4, 0.5) is 0 Å². The molecule has 90 valence electrons. The molecule has 0 bridgehead atoms. The van der Waals surface area contributed by atoms with Gasteiger partial charge in [0.15, 0.2) is 0 Å². The molecule has 1 heterocycles. The van der Waals surface area contributed by atoms with Crippen molar-refractivity contribution in [3.63, 3.8) is 0 Å². The molecular formula is C14H23NS. The van der Waals surface area contributed by atoms with Crippen molar-refractivity contribution >= 4 is 11.3 Å². The van der Waals surface area contributed by atoms with Crippen molar-refractivity contribution < 1.29 is 0 Å². The first-order valence-corrected chi connectivity index (χ1v) is 7.21. The fourth-order valence-corrected chi connectivity index (χ4v) is 3.76. The van der Waals surface area contributed by atoms with E-state index in [-0.39, 0.29) is 0 Å². The standard InChI is InChI=1S/C14H23NS/c1-14(2)8-6-11(7-9-14)13(15-3)12-5-4-10-16-12/h4-5,10-11,13,15H,6-9H2,1-3H3. The van der Waals surface area contributed by atoms with E-state index >= 15 is 0 Å². The Hall–Kier alpha value is -0.340. The molecule has 2 rings (SSSR count). The SMILES string of the molecule is CNC(c1cccs1)C1CCC(C)(C)CC1. The van der Waals surface area contributed by atoms with Gasteiger partial charge in [0, 0.05) is 10.9 Å². The van der Waals surface area contributed by atoms with Gasteiger partial charge in [-0.25, -0.2) is 0 Å². The van der Waals surface area contributed by atoms with E-state index in [1.165, 1.54) is 30.6 Å². The lowest BCUT2D eigenvalue weighted by Crippen LogP contribution is -2.30. The number of hydrogen-bond acceptors (Lipinski definition) is 2. The van der Waals surface area contributed by atoms with E-state index in [2.05, 4.69) is 43.7 Å². The van der Waals surface area contributed by atoms with E-state index < -0.39 is 0 Å². The van der Waals surface area contributed by atoms with E-state index in [4.69, 9.17) is 0 Å². The smallest absolute Gasteiger partial charge is 0.0440 e. The molecule has 0 spiro atoms. The van der Waals surface area contributed by atoms with Crippen molar-refractivity contribution in [3.8, 4) is 0 Å². The molecule has 1 nitrogen and oxygen atoms in total. The number of hydrogen-bond donors (Lipinski definition) is 1. The van der Waals surface area contributed by atoms with Gasteiger partial charge in [0.25, 0.3) is 0 Å². The third-order valence-corrected chi connectivity index (χ3v) is 4.97. The van der Waals surface area contributed by atoms with Crippen molar-refractivity contribution in [2.24, 2.45) is 11.3 Å². The highest BCUT2D eigenvalue weighted by atomic mass is 32.1. The van der Waals surface area contributed by atoms with Gasteiger partial charge in [-0.15, -0.1) is 11.3 Å². The second kappa shape index (κ2) is 4.89. The highest BCUT2D eigenvalue weighted by Crippen LogP contribution is 2.43. The zero-order valence-electron chi connectivity index (χ0n) is 10.6. The summed E-state index contributed by atoms with van der Waals surface area (Å²) in [5.41, 5.74) is 0.574. The second-order valence-electron chi connectivity index (χ2n) is 5.78. The lowest BCUT2D eigenvalue weighted by Gasteiger charge is -2.37. The Morgan fingerprint density at radius 1 is 1.38 bits per heavy atom. The molecule has 1 saturated carbocycles. The van der Waals surface area contributed by atoms with Gasteiger partial charge in [0.1, 0.15) is 0 Å². The molecule has 1 N–H and O–H groups in total. The van der Waals surface area contributed by atoms with Gasteiger partial charge in [0.2, 0.25) is 0 Å². The molecule has 0 amide bonds. The highest BCUT2D eigenvalue weighted by Gasteiger charge is 2.31. The first-order chi connectivity index (χ1) is 7.62. The largest absolute Gasteiger partial charge is 0.312 e. The van der Waals surface area contributed by atoms with Crippen molar-refractivity contribution in [2.45, 2.75) is 45.6 Å². The van der Waals surface area contributed by atoms with Crippen molar-refractivity contribution in [1.29, 1.82) is 0 Å². The van der Waals surface area contributed by atoms with Crippen LogP contribution in [0, 0.1) is 11.3 Å². The average molecular weight is 237 g/mol. The fourth-order valence-electron chi connectivity index (χ4n) is 2.83. The summed E-state index contributed by atoms with van der Waals surface area (Å²) < 4.78 is 0. The predicted octanol–water partition coefficient (Wildman–Crippen LogP) is 4.23. The molecule has 1 atom stereocenters. The van der Waals surface area contributed by atoms with Gasteiger partial charge in [-0.3, -0.25) is 0 Å². The monoisotopic (exact) mass is 237 g/mol. The first-order valence-electron chi connectivity index (χ1n) is 6.33. The first kappa shape index (κ1) is 12.1. The minimum absolute atomic E-state index is 0.574. The van der Waals surface area contributed by atoms with Crippen molar-refractivity contribution in [2.75, 3.05) is 7.05 Å². The molecule has 0 aliphatic heterocycles. The average Bonchev–Trinajstić information content (AvgIpc) is 2.75. The molecule has 1 fully saturated rings. The van der Waals surface area contributed by atoms with Crippen LogP contribution in [0.3, 0.4) is 0 Å². The summed E-state index contributed by atoms with van der Waals surface area (Å²) in [6.45, 7) is 4.81. The Bertz CT molecular complexity index is 305. The fraction of sp³-hybridized carbons (Fsp3) is 0.714. The maximum absolute atomic E-state index is 3.51. The minimum Gasteiger partial charge on any atom is -0.312 e. The molecule has 0 aromatic carbocycles. The maximum atomic E-state index is 3.51. The van der Waals surface area contributed by atoms with E-state index in [0.29, 0.717) is 11.5 Å². The summed E-state index contributed by atoms with van der Waals surface area (Å²) in [7, 11) is 2.10. The second-order valence-corrected chi connectivity index (χ2v) is 6.76.